The zero-order chi connectivity index (χ0) is 34.7. The standard InChI is InChI=1S/C35H29BrClF3N4O4/c1-3-20(2)32(45)42-28-18-44(33(46)22-6-4-21(16-41)5-7-22)30-15-25(37)10-12-29(30)43(34(28)47)17-27-26-11-9-24(36)14-23(26)8-13-31(27)48-19-35(38,39)40/h4-15,20,28H,3,17-19H2,1-2H3,(H,42,45)/t20-,28+/m1/s1. The van der Waals surface area contributed by atoms with E-state index in [1.165, 1.54) is 52.3 Å². The number of hydrogen-bond acceptors (Lipinski definition) is 5. The van der Waals surface area contributed by atoms with E-state index in [4.69, 9.17) is 16.3 Å². The fraction of sp³-hybridized carbons (Fsp3) is 0.257. The number of hydrogen-bond donors (Lipinski definition) is 1. The van der Waals surface area contributed by atoms with Gasteiger partial charge in [0.2, 0.25) is 5.91 Å². The molecular formula is C35H29BrClF3N4O4. The number of anilines is 2. The first kappa shape index (κ1) is 34.7. The van der Waals surface area contributed by atoms with Gasteiger partial charge in [-0.05, 0) is 77.9 Å². The van der Waals surface area contributed by atoms with Gasteiger partial charge in [0.1, 0.15) is 11.8 Å². The highest BCUT2D eigenvalue weighted by molar-refractivity contribution is 9.10. The zero-order valence-corrected chi connectivity index (χ0v) is 28.1. The summed E-state index contributed by atoms with van der Waals surface area (Å²) in [5, 5.41) is 13.5. The molecule has 5 rings (SSSR count). The molecule has 48 heavy (non-hydrogen) atoms. The fourth-order valence-electron chi connectivity index (χ4n) is 5.37. The number of benzene rings is 4. The van der Waals surface area contributed by atoms with Crippen molar-refractivity contribution < 1.29 is 32.3 Å². The van der Waals surface area contributed by atoms with E-state index in [0.717, 1.165) is 4.47 Å². The molecule has 0 bridgehead atoms. The van der Waals surface area contributed by atoms with Crippen molar-refractivity contribution >= 4 is 67.4 Å². The molecule has 4 aromatic carbocycles. The number of alkyl halides is 3. The van der Waals surface area contributed by atoms with Gasteiger partial charge >= 0.3 is 6.18 Å². The topological polar surface area (TPSA) is 103 Å². The van der Waals surface area contributed by atoms with Crippen LogP contribution in [0.25, 0.3) is 10.8 Å². The minimum absolute atomic E-state index is 0.0830. The molecule has 8 nitrogen and oxygen atoms in total. The highest BCUT2D eigenvalue weighted by Gasteiger charge is 2.38. The van der Waals surface area contributed by atoms with E-state index in [9.17, 15) is 32.8 Å². The number of amides is 3. The summed E-state index contributed by atoms with van der Waals surface area (Å²) in [6, 6.07) is 19.6. The number of nitriles is 1. The van der Waals surface area contributed by atoms with Crippen molar-refractivity contribution in [2.45, 2.75) is 39.0 Å². The predicted octanol–water partition coefficient (Wildman–Crippen LogP) is 7.79. The number of carbonyl (C=O) groups is 3. The van der Waals surface area contributed by atoms with E-state index in [1.807, 2.05) is 13.0 Å². The Morgan fingerprint density at radius 2 is 1.81 bits per heavy atom. The van der Waals surface area contributed by atoms with E-state index in [0.29, 0.717) is 22.8 Å². The van der Waals surface area contributed by atoms with Crippen LogP contribution in [0.3, 0.4) is 0 Å². The van der Waals surface area contributed by atoms with Crippen LogP contribution in [-0.4, -0.2) is 43.1 Å². The Balaban J connectivity index is 1.68. The maximum atomic E-state index is 14.5. The van der Waals surface area contributed by atoms with E-state index in [2.05, 4.69) is 21.2 Å². The van der Waals surface area contributed by atoms with Gasteiger partial charge in [-0.2, -0.15) is 18.4 Å². The number of fused-ring (bicyclic) bond motifs is 2. The summed E-state index contributed by atoms with van der Waals surface area (Å²) in [5.74, 6) is -2.06. The summed E-state index contributed by atoms with van der Waals surface area (Å²) in [6.45, 7) is 1.44. The van der Waals surface area contributed by atoms with Crippen LogP contribution >= 0.6 is 27.5 Å². The molecule has 1 aliphatic rings. The second-order valence-electron chi connectivity index (χ2n) is 11.3. The Morgan fingerprint density at radius 1 is 1.08 bits per heavy atom. The Morgan fingerprint density at radius 3 is 2.48 bits per heavy atom. The summed E-state index contributed by atoms with van der Waals surface area (Å²) in [7, 11) is 0. The number of carbonyl (C=O) groups excluding carboxylic acids is 3. The van der Waals surface area contributed by atoms with Crippen LogP contribution in [0.15, 0.2) is 77.3 Å². The smallest absolute Gasteiger partial charge is 0.422 e. The van der Waals surface area contributed by atoms with Crippen molar-refractivity contribution in [3.8, 4) is 11.8 Å². The summed E-state index contributed by atoms with van der Waals surface area (Å²) < 4.78 is 46.0. The third kappa shape index (κ3) is 7.58. The largest absolute Gasteiger partial charge is 0.484 e. The molecule has 0 aliphatic carbocycles. The fourth-order valence-corrected chi connectivity index (χ4v) is 5.92. The van der Waals surface area contributed by atoms with Crippen LogP contribution in [0, 0.1) is 17.2 Å². The number of ether oxygens (including phenoxy) is 1. The van der Waals surface area contributed by atoms with Gasteiger partial charge in [-0.25, -0.2) is 0 Å². The minimum Gasteiger partial charge on any atom is -0.484 e. The molecule has 0 aromatic heterocycles. The molecule has 3 amide bonds. The summed E-state index contributed by atoms with van der Waals surface area (Å²) in [4.78, 5) is 44.5. The number of nitrogens with one attached hydrogen (secondary N) is 1. The highest BCUT2D eigenvalue weighted by Crippen LogP contribution is 2.40. The second-order valence-corrected chi connectivity index (χ2v) is 12.7. The molecule has 1 heterocycles. The SMILES string of the molecule is CC[C@@H](C)C(=O)N[C@H]1CN(C(=O)c2ccc(C#N)cc2)c2cc(Cl)ccc2N(Cc2c(OCC(F)(F)F)ccc3cc(Br)ccc23)C1=O. The Kier molecular flexibility index (Phi) is 10.3. The van der Waals surface area contributed by atoms with Crippen molar-refractivity contribution in [1.82, 2.24) is 5.32 Å². The average molecular weight is 742 g/mol. The molecule has 0 spiro atoms. The molecule has 0 saturated carbocycles. The lowest BCUT2D eigenvalue weighted by Crippen LogP contribution is -2.53. The lowest BCUT2D eigenvalue weighted by molar-refractivity contribution is -0.153. The Bertz CT molecular complexity index is 1930. The van der Waals surface area contributed by atoms with Crippen LogP contribution in [0.2, 0.25) is 5.02 Å². The first-order valence-corrected chi connectivity index (χ1v) is 16.1. The first-order valence-electron chi connectivity index (χ1n) is 14.9. The van der Waals surface area contributed by atoms with Gasteiger partial charge in [0.15, 0.2) is 6.61 Å². The molecule has 0 fully saturated rings. The third-order valence-electron chi connectivity index (χ3n) is 8.09. The lowest BCUT2D eigenvalue weighted by atomic mass is 10.0. The van der Waals surface area contributed by atoms with Crippen molar-refractivity contribution in [2.24, 2.45) is 5.92 Å². The van der Waals surface area contributed by atoms with Crippen molar-refractivity contribution in [2.75, 3.05) is 23.0 Å². The molecule has 1 aliphatic heterocycles. The lowest BCUT2D eigenvalue weighted by Gasteiger charge is -2.28. The molecule has 0 unspecified atom stereocenters. The Hall–Kier alpha value is -4.60. The van der Waals surface area contributed by atoms with Gasteiger partial charge in [0.05, 0.1) is 36.1 Å². The number of halogens is 5. The summed E-state index contributed by atoms with van der Waals surface area (Å²) >= 11 is 9.86. The van der Waals surface area contributed by atoms with E-state index >= 15 is 0 Å². The van der Waals surface area contributed by atoms with Crippen LogP contribution < -0.4 is 19.9 Å². The van der Waals surface area contributed by atoms with Crippen LogP contribution in [0.1, 0.15) is 41.8 Å². The third-order valence-corrected chi connectivity index (χ3v) is 8.82. The molecule has 248 valence electrons. The average Bonchev–Trinajstić information content (AvgIpc) is 3.16. The van der Waals surface area contributed by atoms with Crippen LogP contribution in [-0.2, 0) is 16.1 Å². The first-order chi connectivity index (χ1) is 22.8. The summed E-state index contributed by atoms with van der Waals surface area (Å²) in [5.41, 5.74) is 1.33. The quantitative estimate of drug-likeness (QED) is 0.199. The molecule has 2 atom stereocenters. The normalized spacial score (nSPS) is 15.4. The Labute approximate surface area is 288 Å². The number of nitrogens with zero attached hydrogens (tertiary/aromatic N) is 3. The van der Waals surface area contributed by atoms with Crippen LogP contribution in [0.5, 0.6) is 5.75 Å². The van der Waals surface area contributed by atoms with Gasteiger partial charge in [-0.1, -0.05) is 53.5 Å². The maximum Gasteiger partial charge on any atom is 0.422 e. The van der Waals surface area contributed by atoms with Crippen molar-refractivity contribution in [3.05, 3.63) is 99.0 Å². The highest BCUT2D eigenvalue weighted by atomic mass is 79.9. The van der Waals surface area contributed by atoms with E-state index in [1.54, 1.807) is 37.3 Å². The van der Waals surface area contributed by atoms with Crippen molar-refractivity contribution in [3.63, 3.8) is 0 Å². The van der Waals surface area contributed by atoms with Gasteiger partial charge < -0.3 is 19.9 Å². The molecular weight excluding hydrogens is 713 g/mol. The molecule has 0 radical (unpaired) electrons. The maximum absolute atomic E-state index is 14.5. The zero-order valence-electron chi connectivity index (χ0n) is 25.8. The van der Waals surface area contributed by atoms with Crippen LogP contribution in [0.4, 0.5) is 24.5 Å². The predicted molar refractivity (Wildman–Crippen MR) is 180 cm³/mol. The summed E-state index contributed by atoms with van der Waals surface area (Å²) in [6.07, 6.45) is -4.13. The van der Waals surface area contributed by atoms with E-state index in [-0.39, 0.29) is 46.4 Å². The molecule has 4 aromatic rings. The molecule has 13 heteroatoms. The minimum atomic E-state index is -4.62. The van der Waals surface area contributed by atoms with Gasteiger partial charge in [-0.15, -0.1) is 0 Å². The van der Waals surface area contributed by atoms with Crippen molar-refractivity contribution in [1.29, 1.82) is 5.26 Å². The van der Waals surface area contributed by atoms with Gasteiger partial charge in [-0.3, -0.25) is 14.4 Å². The molecule has 1 N–H and O–H groups in total. The number of rotatable bonds is 8. The van der Waals surface area contributed by atoms with Gasteiger partial charge in [0.25, 0.3) is 11.8 Å². The molecule has 0 saturated heterocycles. The monoisotopic (exact) mass is 740 g/mol. The van der Waals surface area contributed by atoms with E-state index < -0.39 is 42.5 Å². The second kappa shape index (κ2) is 14.3. The van der Waals surface area contributed by atoms with Gasteiger partial charge in [0, 0.05) is 26.5 Å².